The molecule has 0 amide bonds. The van der Waals surface area contributed by atoms with E-state index in [-0.39, 0.29) is 34.8 Å². The Hall–Kier alpha value is -3.08. The Balaban J connectivity index is 2.16. The molecule has 1 aliphatic heterocycles. The second-order valence-corrected chi connectivity index (χ2v) is 6.64. The Bertz CT molecular complexity index is 853. The zero-order valence-corrected chi connectivity index (χ0v) is 13.2. The van der Waals surface area contributed by atoms with E-state index in [1.165, 1.54) is 12.1 Å². The fraction of sp³-hybridized carbons (Fsp3) is 0.375. The number of nitriles is 1. The van der Waals surface area contributed by atoms with Crippen LogP contribution in [-0.4, -0.2) is 10.7 Å². The summed E-state index contributed by atoms with van der Waals surface area (Å²) in [6.07, 6.45) is 0.764. The Morgan fingerprint density at radius 1 is 1.42 bits per heavy atom. The molecule has 1 aliphatic carbocycles. The summed E-state index contributed by atoms with van der Waals surface area (Å²) >= 11 is 0. The largest absolute Gasteiger partial charge is 0.444 e. The molecule has 8 nitrogen and oxygen atoms in total. The minimum atomic E-state index is -0.879. The van der Waals surface area contributed by atoms with Gasteiger partial charge in [-0.1, -0.05) is 13.8 Å². The predicted molar refractivity (Wildman–Crippen MR) is 81.1 cm³/mol. The number of ketones is 1. The lowest BCUT2D eigenvalue weighted by molar-refractivity contribution is -0.402. The van der Waals surface area contributed by atoms with Crippen molar-refractivity contribution in [1.82, 2.24) is 0 Å². The van der Waals surface area contributed by atoms with Crippen molar-refractivity contribution in [2.75, 3.05) is 0 Å². The van der Waals surface area contributed by atoms with Crippen molar-refractivity contribution in [2.45, 2.75) is 32.6 Å². The van der Waals surface area contributed by atoms with E-state index in [0.29, 0.717) is 17.8 Å². The number of ether oxygens (including phenoxy) is 1. The van der Waals surface area contributed by atoms with Crippen LogP contribution in [0.1, 0.15) is 38.4 Å². The first-order valence-electron chi connectivity index (χ1n) is 7.31. The van der Waals surface area contributed by atoms with E-state index in [0.717, 1.165) is 0 Å². The second kappa shape index (κ2) is 5.23. The molecule has 1 aromatic rings. The van der Waals surface area contributed by atoms with Gasteiger partial charge < -0.3 is 14.9 Å². The fourth-order valence-corrected chi connectivity index (χ4v) is 3.16. The van der Waals surface area contributed by atoms with Crippen LogP contribution in [0.5, 0.6) is 0 Å². The van der Waals surface area contributed by atoms with Gasteiger partial charge in [0, 0.05) is 18.4 Å². The molecule has 0 saturated heterocycles. The number of furan rings is 1. The summed E-state index contributed by atoms with van der Waals surface area (Å²) in [7, 11) is 0. The third kappa shape index (κ3) is 2.44. The van der Waals surface area contributed by atoms with E-state index in [4.69, 9.17) is 14.9 Å². The third-order valence-corrected chi connectivity index (χ3v) is 4.15. The molecule has 0 saturated carbocycles. The summed E-state index contributed by atoms with van der Waals surface area (Å²) in [6, 6.07) is 4.50. The first-order chi connectivity index (χ1) is 11.2. The second-order valence-electron chi connectivity index (χ2n) is 6.64. The van der Waals surface area contributed by atoms with Gasteiger partial charge in [-0.2, -0.15) is 5.26 Å². The molecule has 0 unspecified atom stereocenters. The van der Waals surface area contributed by atoms with E-state index in [2.05, 4.69) is 0 Å². The van der Waals surface area contributed by atoms with Gasteiger partial charge in [-0.05, 0) is 11.5 Å². The number of carbonyl (C=O) groups is 1. The maximum absolute atomic E-state index is 12.7. The normalized spacial score (nSPS) is 22.7. The molecule has 1 aromatic heterocycles. The standard InChI is InChI=1S/C16H15N3O5/c1-16(2)5-9(20)14-11(6-16)24-15(18)8(7-17)13(14)10-3-4-12(23-10)19(21)22/h3-4,13H,5-6,18H2,1-2H3/t13-/m0/s1. The summed E-state index contributed by atoms with van der Waals surface area (Å²) in [5.74, 6) is -1.09. The van der Waals surface area contributed by atoms with Gasteiger partial charge in [-0.3, -0.25) is 14.9 Å². The summed E-state index contributed by atoms with van der Waals surface area (Å²) in [6.45, 7) is 3.87. The molecule has 1 atom stereocenters. The van der Waals surface area contributed by atoms with Crippen LogP contribution < -0.4 is 5.73 Å². The highest BCUT2D eigenvalue weighted by Gasteiger charge is 2.44. The van der Waals surface area contributed by atoms with Gasteiger partial charge in [-0.15, -0.1) is 0 Å². The number of hydrogen-bond donors (Lipinski definition) is 1. The third-order valence-electron chi connectivity index (χ3n) is 4.15. The fourth-order valence-electron chi connectivity index (χ4n) is 3.16. The van der Waals surface area contributed by atoms with Crippen molar-refractivity contribution < 1.29 is 18.9 Å². The van der Waals surface area contributed by atoms with E-state index in [1.807, 2.05) is 19.9 Å². The Morgan fingerprint density at radius 3 is 2.71 bits per heavy atom. The van der Waals surface area contributed by atoms with Crippen LogP contribution in [0, 0.1) is 26.9 Å². The van der Waals surface area contributed by atoms with Gasteiger partial charge in [0.25, 0.3) is 0 Å². The average Bonchev–Trinajstić information content (AvgIpc) is 2.94. The predicted octanol–water partition coefficient (Wildman–Crippen LogP) is 2.64. The van der Waals surface area contributed by atoms with Crippen LogP contribution >= 0.6 is 0 Å². The van der Waals surface area contributed by atoms with Gasteiger partial charge in [0.05, 0.1) is 12.0 Å². The minimum Gasteiger partial charge on any atom is -0.444 e. The van der Waals surface area contributed by atoms with Crippen molar-refractivity contribution in [3.63, 3.8) is 0 Å². The lowest BCUT2D eigenvalue weighted by atomic mass is 9.71. The molecule has 0 fully saturated rings. The molecular formula is C16H15N3O5. The number of nitrogens with two attached hydrogens (primary N) is 1. The molecule has 0 radical (unpaired) electrons. The van der Waals surface area contributed by atoms with Gasteiger partial charge in [-0.25, -0.2) is 0 Å². The van der Waals surface area contributed by atoms with Gasteiger partial charge in [0.1, 0.15) is 28.1 Å². The summed E-state index contributed by atoms with van der Waals surface area (Å²) < 4.78 is 10.8. The Labute approximate surface area is 137 Å². The van der Waals surface area contributed by atoms with Gasteiger partial charge in [0.15, 0.2) is 5.78 Å². The number of carbonyl (C=O) groups excluding carboxylic acids is 1. The van der Waals surface area contributed by atoms with Crippen LogP contribution in [0.25, 0.3) is 0 Å². The first kappa shape index (κ1) is 15.8. The number of allylic oxidation sites excluding steroid dienone is 3. The SMILES string of the molecule is CC1(C)CC(=O)C2=C(C1)OC(N)=C(C#N)[C@H]2c1ccc([N+](=O)[O-])o1. The van der Waals surface area contributed by atoms with Crippen molar-refractivity contribution in [1.29, 1.82) is 5.26 Å². The zero-order chi connectivity index (χ0) is 17.6. The van der Waals surface area contributed by atoms with Gasteiger partial charge >= 0.3 is 5.88 Å². The van der Waals surface area contributed by atoms with Crippen LogP contribution in [0.4, 0.5) is 5.88 Å². The molecule has 2 N–H and O–H groups in total. The van der Waals surface area contributed by atoms with Crippen molar-refractivity contribution >= 4 is 11.7 Å². The van der Waals surface area contributed by atoms with Gasteiger partial charge in [0.2, 0.25) is 5.88 Å². The number of rotatable bonds is 2. The zero-order valence-electron chi connectivity index (χ0n) is 13.2. The number of Topliss-reactive ketones (excluding diaryl/α,β-unsaturated/α-hetero) is 1. The number of hydrogen-bond acceptors (Lipinski definition) is 7. The molecule has 2 aliphatic rings. The maximum atomic E-state index is 12.7. The van der Waals surface area contributed by atoms with E-state index in [1.54, 1.807) is 0 Å². The first-order valence-corrected chi connectivity index (χ1v) is 7.31. The van der Waals surface area contributed by atoms with Crippen LogP contribution in [0.15, 0.2) is 39.3 Å². The highest BCUT2D eigenvalue weighted by Crippen LogP contribution is 2.48. The van der Waals surface area contributed by atoms with E-state index in [9.17, 15) is 20.2 Å². The molecule has 124 valence electrons. The molecule has 8 heteroatoms. The topological polar surface area (TPSA) is 132 Å². The average molecular weight is 329 g/mol. The van der Waals surface area contributed by atoms with E-state index >= 15 is 0 Å². The highest BCUT2D eigenvalue weighted by molar-refractivity contribution is 5.99. The smallest absolute Gasteiger partial charge is 0.433 e. The van der Waals surface area contributed by atoms with E-state index < -0.39 is 16.7 Å². The summed E-state index contributed by atoms with van der Waals surface area (Å²) in [4.78, 5) is 22.8. The van der Waals surface area contributed by atoms with Crippen LogP contribution in [0.3, 0.4) is 0 Å². The Morgan fingerprint density at radius 2 is 2.12 bits per heavy atom. The molecule has 0 bridgehead atoms. The number of nitro groups is 1. The Kier molecular flexibility index (Phi) is 3.44. The summed E-state index contributed by atoms with van der Waals surface area (Å²) in [5, 5.41) is 20.3. The van der Waals surface area contributed by atoms with Crippen LogP contribution in [-0.2, 0) is 9.53 Å². The summed E-state index contributed by atoms with van der Waals surface area (Å²) in [5.41, 5.74) is 5.86. The lowest BCUT2D eigenvalue weighted by Gasteiger charge is -2.36. The van der Waals surface area contributed by atoms with Crippen molar-refractivity contribution in [2.24, 2.45) is 11.1 Å². The molecular weight excluding hydrogens is 314 g/mol. The van der Waals surface area contributed by atoms with Crippen molar-refractivity contribution in [3.05, 3.63) is 50.8 Å². The molecule has 0 aromatic carbocycles. The monoisotopic (exact) mass is 329 g/mol. The van der Waals surface area contributed by atoms with Crippen molar-refractivity contribution in [3.8, 4) is 6.07 Å². The number of nitrogens with zero attached hydrogens (tertiary/aromatic N) is 2. The quantitative estimate of drug-likeness (QED) is 0.651. The van der Waals surface area contributed by atoms with Crippen LogP contribution in [0.2, 0.25) is 0 Å². The molecule has 0 spiro atoms. The molecule has 3 rings (SSSR count). The minimum absolute atomic E-state index is 0.0195. The lowest BCUT2D eigenvalue weighted by Crippen LogP contribution is -2.33. The maximum Gasteiger partial charge on any atom is 0.433 e. The molecule has 24 heavy (non-hydrogen) atoms. The highest BCUT2D eigenvalue weighted by atomic mass is 16.6. The molecule has 2 heterocycles.